The van der Waals surface area contributed by atoms with Gasteiger partial charge in [-0.25, -0.2) is 4.98 Å². The highest BCUT2D eigenvalue weighted by atomic mass is 79.9. The van der Waals surface area contributed by atoms with Crippen LogP contribution in [0.2, 0.25) is 5.02 Å². The lowest BCUT2D eigenvalue weighted by molar-refractivity contribution is 0.418. The summed E-state index contributed by atoms with van der Waals surface area (Å²) < 4.78 is 6.27. The van der Waals surface area contributed by atoms with Gasteiger partial charge in [-0.1, -0.05) is 40.9 Å². The molecule has 0 saturated heterocycles. The van der Waals surface area contributed by atoms with Crippen LogP contribution >= 0.6 is 27.5 Å². The Labute approximate surface area is 114 Å². The third-order valence-electron chi connectivity index (χ3n) is 2.60. The molecular formula is C13H13BrClNO. The van der Waals surface area contributed by atoms with Crippen molar-refractivity contribution in [2.45, 2.75) is 19.8 Å². The van der Waals surface area contributed by atoms with Crippen molar-refractivity contribution >= 4 is 38.4 Å². The first-order valence-electron chi connectivity index (χ1n) is 5.49. The largest absolute Gasteiger partial charge is 0.494 e. The van der Waals surface area contributed by atoms with Crippen molar-refractivity contribution in [1.82, 2.24) is 4.98 Å². The number of fused-ring (bicyclic) bond motifs is 1. The van der Waals surface area contributed by atoms with Gasteiger partial charge in [0.25, 0.3) is 0 Å². The van der Waals surface area contributed by atoms with Crippen LogP contribution in [0.15, 0.2) is 22.7 Å². The van der Waals surface area contributed by atoms with Crippen molar-refractivity contribution in [2.75, 3.05) is 7.11 Å². The summed E-state index contributed by atoms with van der Waals surface area (Å²) in [6.07, 6.45) is 1.97. The maximum atomic E-state index is 6.31. The van der Waals surface area contributed by atoms with Crippen LogP contribution < -0.4 is 4.74 Å². The van der Waals surface area contributed by atoms with E-state index >= 15 is 0 Å². The van der Waals surface area contributed by atoms with Crippen LogP contribution in [0.1, 0.15) is 19.0 Å². The second-order valence-corrected chi connectivity index (χ2v) is 5.08. The molecule has 90 valence electrons. The SMILES string of the molecule is CCCc1cc(Cl)c2c(Br)ccc(OC)c2n1. The highest BCUT2D eigenvalue weighted by molar-refractivity contribution is 9.10. The van der Waals surface area contributed by atoms with Gasteiger partial charge in [0.2, 0.25) is 0 Å². The zero-order chi connectivity index (χ0) is 12.4. The Morgan fingerprint density at radius 1 is 1.41 bits per heavy atom. The third kappa shape index (κ3) is 2.40. The average molecular weight is 315 g/mol. The fourth-order valence-electron chi connectivity index (χ4n) is 1.83. The molecule has 17 heavy (non-hydrogen) atoms. The Bertz CT molecular complexity index is 557. The predicted molar refractivity (Wildman–Crippen MR) is 75.0 cm³/mol. The standard InChI is InChI=1S/C13H13BrClNO/c1-3-4-8-7-10(15)12-9(14)5-6-11(17-2)13(12)16-8/h5-7H,3-4H2,1-2H3. The van der Waals surface area contributed by atoms with E-state index in [-0.39, 0.29) is 0 Å². The molecule has 0 saturated carbocycles. The van der Waals surface area contributed by atoms with Crippen molar-refractivity contribution in [2.24, 2.45) is 0 Å². The summed E-state index contributed by atoms with van der Waals surface area (Å²) in [6.45, 7) is 2.12. The van der Waals surface area contributed by atoms with E-state index in [0.717, 1.165) is 39.7 Å². The molecule has 0 N–H and O–H groups in total. The van der Waals surface area contributed by atoms with Crippen molar-refractivity contribution in [3.63, 3.8) is 0 Å². The number of pyridine rings is 1. The van der Waals surface area contributed by atoms with Crippen LogP contribution in [0, 0.1) is 0 Å². The topological polar surface area (TPSA) is 22.1 Å². The smallest absolute Gasteiger partial charge is 0.145 e. The molecule has 1 heterocycles. The zero-order valence-electron chi connectivity index (χ0n) is 9.76. The van der Waals surface area contributed by atoms with Crippen molar-refractivity contribution in [1.29, 1.82) is 0 Å². The maximum Gasteiger partial charge on any atom is 0.145 e. The van der Waals surface area contributed by atoms with Crippen molar-refractivity contribution in [3.8, 4) is 5.75 Å². The second-order valence-electron chi connectivity index (χ2n) is 3.82. The summed E-state index contributed by atoms with van der Waals surface area (Å²) in [6, 6.07) is 5.75. The lowest BCUT2D eigenvalue weighted by atomic mass is 10.1. The van der Waals surface area contributed by atoms with E-state index in [1.807, 2.05) is 18.2 Å². The average Bonchev–Trinajstić information content (AvgIpc) is 2.29. The number of hydrogen-bond donors (Lipinski definition) is 0. The molecule has 2 nitrogen and oxygen atoms in total. The summed E-state index contributed by atoms with van der Waals surface area (Å²) in [5.41, 5.74) is 1.82. The lowest BCUT2D eigenvalue weighted by Crippen LogP contribution is -1.94. The highest BCUT2D eigenvalue weighted by Crippen LogP contribution is 2.35. The van der Waals surface area contributed by atoms with Gasteiger partial charge in [-0.15, -0.1) is 0 Å². The van der Waals surface area contributed by atoms with E-state index in [9.17, 15) is 0 Å². The van der Waals surface area contributed by atoms with E-state index in [1.165, 1.54) is 0 Å². The minimum atomic E-state index is 0.712. The van der Waals surface area contributed by atoms with E-state index in [2.05, 4.69) is 27.8 Å². The fraction of sp³-hybridized carbons (Fsp3) is 0.308. The van der Waals surface area contributed by atoms with Crippen LogP contribution in [-0.4, -0.2) is 12.1 Å². The van der Waals surface area contributed by atoms with E-state index in [0.29, 0.717) is 5.02 Å². The van der Waals surface area contributed by atoms with Gasteiger partial charge in [0.1, 0.15) is 11.3 Å². The first-order chi connectivity index (χ1) is 8.17. The number of ether oxygens (including phenoxy) is 1. The molecule has 0 amide bonds. The number of methoxy groups -OCH3 is 1. The van der Waals surface area contributed by atoms with Gasteiger partial charge in [0, 0.05) is 15.6 Å². The number of hydrogen-bond acceptors (Lipinski definition) is 2. The Balaban J connectivity index is 2.75. The van der Waals surface area contributed by atoms with Crippen LogP contribution in [0.3, 0.4) is 0 Å². The van der Waals surface area contributed by atoms with Crippen LogP contribution in [-0.2, 0) is 6.42 Å². The Hall–Kier alpha value is -0.800. The number of benzene rings is 1. The molecule has 2 rings (SSSR count). The second kappa shape index (κ2) is 5.23. The summed E-state index contributed by atoms with van der Waals surface area (Å²) in [5, 5.41) is 1.62. The van der Waals surface area contributed by atoms with Gasteiger partial charge in [-0.3, -0.25) is 0 Å². The molecule has 0 aliphatic carbocycles. The highest BCUT2D eigenvalue weighted by Gasteiger charge is 2.11. The molecule has 0 unspecified atom stereocenters. The first kappa shape index (κ1) is 12.7. The Morgan fingerprint density at radius 3 is 2.82 bits per heavy atom. The van der Waals surface area contributed by atoms with Crippen LogP contribution in [0.5, 0.6) is 5.75 Å². The van der Waals surface area contributed by atoms with Gasteiger partial charge in [-0.05, 0) is 24.6 Å². The maximum absolute atomic E-state index is 6.31. The molecule has 0 aliphatic heterocycles. The van der Waals surface area contributed by atoms with Gasteiger partial charge in [0.05, 0.1) is 12.1 Å². The normalized spacial score (nSPS) is 10.8. The number of aromatic nitrogens is 1. The molecule has 0 radical (unpaired) electrons. The van der Waals surface area contributed by atoms with E-state index in [1.54, 1.807) is 7.11 Å². The molecular weight excluding hydrogens is 302 g/mol. The van der Waals surface area contributed by atoms with Gasteiger partial charge >= 0.3 is 0 Å². The van der Waals surface area contributed by atoms with Crippen LogP contribution in [0.4, 0.5) is 0 Å². The van der Waals surface area contributed by atoms with Gasteiger partial charge < -0.3 is 4.74 Å². The van der Waals surface area contributed by atoms with Gasteiger partial charge in [0.15, 0.2) is 0 Å². The quantitative estimate of drug-likeness (QED) is 0.825. The van der Waals surface area contributed by atoms with Crippen LogP contribution in [0.25, 0.3) is 10.9 Å². The molecule has 1 aromatic carbocycles. The molecule has 0 fully saturated rings. The van der Waals surface area contributed by atoms with Crippen molar-refractivity contribution in [3.05, 3.63) is 33.4 Å². The molecule has 2 aromatic rings. The number of nitrogens with zero attached hydrogens (tertiary/aromatic N) is 1. The Morgan fingerprint density at radius 2 is 2.18 bits per heavy atom. The molecule has 1 aromatic heterocycles. The molecule has 0 atom stereocenters. The zero-order valence-corrected chi connectivity index (χ0v) is 12.1. The summed E-state index contributed by atoms with van der Waals surface area (Å²) in [4.78, 5) is 4.62. The monoisotopic (exact) mass is 313 g/mol. The summed E-state index contributed by atoms with van der Waals surface area (Å²) >= 11 is 9.80. The fourth-order valence-corrected chi connectivity index (χ4v) is 2.79. The predicted octanol–water partition coefficient (Wildman–Crippen LogP) is 4.61. The molecule has 0 spiro atoms. The number of rotatable bonds is 3. The van der Waals surface area contributed by atoms with E-state index < -0.39 is 0 Å². The van der Waals surface area contributed by atoms with Gasteiger partial charge in [-0.2, -0.15) is 0 Å². The minimum Gasteiger partial charge on any atom is -0.494 e. The Kier molecular flexibility index (Phi) is 3.89. The number of aryl methyl sites for hydroxylation is 1. The van der Waals surface area contributed by atoms with Crippen molar-refractivity contribution < 1.29 is 4.74 Å². The minimum absolute atomic E-state index is 0.712. The molecule has 0 bridgehead atoms. The van der Waals surface area contributed by atoms with E-state index in [4.69, 9.17) is 16.3 Å². The lowest BCUT2D eigenvalue weighted by Gasteiger charge is -2.10. The summed E-state index contributed by atoms with van der Waals surface area (Å²) in [7, 11) is 1.64. The number of halogens is 2. The first-order valence-corrected chi connectivity index (χ1v) is 6.66. The third-order valence-corrected chi connectivity index (χ3v) is 3.56. The summed E-state index contributed by atoms with van der Waals surface area (Å²) in [5.74, 6) is 0.753. The molecule has 0 aliphatic rings. The molecule has 4 heteroatoms.